The molecule has 1 aliphatic rings. The molecule has 6 heteroatoms. The summed E-state index contributed by atoms with van der Waals surface area (Å²) in [5.41, 5.74) is -0.472. The molecule has 1 rings (SSSR count). The van der Waals surface area contributed by atoms with E-state index in [2.05, 4.69) is 37.9 Å². The lowest BCUT2D eigenvalue weighted by molar-refractivity contribution is -0.154. The van der Waals surface area contributed by atoms with E-state index in [1.54, 1.807) is 0 Å². The molecular weight excluding hydrogens is 332 g/mol. The van der Waals surface area contributed by atoms with Gasteiger partial charge in [-0.05, 0) is 11.3 Å². The number of piperazine rings is 1. The van der Waals surface area contributed by atoms with Gasteiger partial charge in [-0.3, -0.25) is 9.59 Å². The molecule has 152 valence electrons. The normalized spacial score (nSPS) is 16.6. The smallest absolute Gasteiger partial charge is 0.307 e. The van der Waals surface area contributed by atoms with Gasteiger partial charge in [0.15, 0.2) is 0 Å². The number of esters is 2. The molecule has 0 aromatic heterocycles. The molecule has 1 saturated heterocycles. The van der Waals surface area contributed by atoms with Crippen molar-refractivity contribution in [2.75, 3.05) is 45.9 Å². The Morgan fingerprint density at radius 2 is 1.54 bits per heavy atom. The minimum Gasteiger partial charge on any atom is -0.465 e. The Bertz CT molecular complexity index is 455. The van der Waals surface area contributed by atoms with Crippen LogP contribution in [0.4, 0.5) is 0 Å². The van der Waals surface area contributed by atoms with Crippen LogP contribution in [0.5, 0.6) is 0 Å². The van der Waals surface area contributed by atoms with Crippen molar-refractivity contribution in [1.82, 2.24) is 10.2 Å². The Morgan fingerprint density at radius 3 is 2.08 bits per heavy atom. The lowest BCUT2D eigenvalue weighted by Crippen LogP contribution is -2.44. The van der Waals surface area contributed by atoms with Gasteiger partial charge in [0.1, 0.15) is 0 Å². The second-order valence-electron chi connectivity index (χ2n) is 9.15. The Kier molecular flexibility index (Phi) is 9.04. The number of hydrogen-bond donors (Lipinski definition) is 1. The van der Waals surface area contributed by atoms with Crippen LogP contribution in [0.1, 0.15) is 54.4 Å². The zero-order valence-electron chi connectivity index (χ0n) is 17.5. The van der Waals surface area contributed by atoms with Gasteiger partial charge in [-0.25, -0.2) is 0 Å². The van der Waals surface area contributed by atoms with Crippen molar-refractivity contribution < 1.29 is 19.1 Å². The fourth-order valence-electron chi connectivity index (χ4n) is 2.48. The molecule has 0 saturated carbocycles. The summed E-state index contributed by atoms with van der Waals surface area (Å²) >= 11 is 0. The molecule has 0 aliphatic carbocycles. The van der Waals surface area contributed by atoms with Gasteiger partial charge in [-0.2, -0.15) is 0 Å². The molecule has 1 fully saturated rings. The maximum Gasteiger partial charge on any atom is 0.307 e. The second kappa shape index (κ2) is 10.3. The van der Waals surface area contributed by atoms with E-state index in [9.17, 15) is 9.59 Å². The van der Waals surface area contributed by atoms with E-state index in [1.807, 2.05) is 13.8 Å². The first-order valence-corrected chi connectivity index (χ1v) is 9.76. The zero-order valence-corrected chi connectivity index (χ0v) is 17.5. The molecule has 26 heavy (non-hydrogen) atoms. The summed E-state index contributed by atoms with van der Waals surface area (Å²) in [5, 5.41) is 3.29. The molecular formula is C20H38N2O4. The molecule has 0 atom stereocenters. The van der Waals surface area contributed by atoms with Gasteiger partial charge in [-0.1, -0.05) is 41.5 Å². The van der Waals surface area contributed by atoms with Crippen molar-refractivity contribution in [2.24, 2.45) is 16.7 Å². The first-order chi connectivity index (χ1) is 12.0. The van der Waals surface area contributed by atoms with Gasteiger partial charge >= 0.3 is 11.9 Å². The topological polar surface area (TPSA) is 67.9 Å². The van der Waals surface area contributed by atoms with E-state index < -0.39 is 0 Å². The zero-order chi connectivity index (χ0) is 19.8. The summed E-state index contributed by atoms with van der Waals surface area (Å²) in [4.78, 5) is 26.3. The monoisotopic (exact) mass is 370 g/mol. The van der Waals surface area contributed by atoms with Crippen LogP contribution in [0.2, 0.25) is 0 Å². The van der Waals surface area contributed by atoms with Crippen LogP contribution in [0.25, 0.3) is 0 Å². The number of nitrogens with one attached hydrogen (secondary N) is 1. The second-order valence-corrected chi connectivity index (χ2v) is 9.15. The Balaban J connectivity index is 2.25. The standard InChI is InChI=1S/C20H38N2O4/c1-16(2)20(5,6)13-18(24)26-15-19(3,4)14-25-17(23)7-10-22-11-8-21-9-12-22/h16,21H,7-15H2,1-6H3. The highest BCUT2D eigenvalue weighted by atomic mass is 16.5. The number of carbonyl (C=O) groups is 2. The highest BCUT2D eigenvalue weighted by molar-refractivity contribution is 5.70. The molecule has 0 unspecified atom stereocenters. The molecule has 0 aromatic carbocycles. The van der Waals surface area contributed by atoms with Gasteiger partial charge in [0, 0.05) is 38.1 Å². The van der Waals surface area contributed by atoms with Crippen molar-refractivity contribution in [3.8, 4) is 0 Å². The largest absolute Gasteiger partial charge is 0.465 e. The first kappa shape index (κ1) is 22.9. The number of hydrogen-bond acceptors (Lipinski definition) is 6. The third-order valence-electron chi connectivity index (χ3n) is 5.25. The molecule has 1 heterocycles. The minimum atomic E-state index is -0.387. The fraction of sp³-hybridized carbons (Fsp3) is 0.900. The van der Waals surface area contributed by atoms with E-state index >= 15 is 0 Å². The highest BCUT2D eigenvalue weighted by Crippen LogP contribution is 2.30. The van der Waals surface area contributed by atoms with Crippen LogP contribution in [0, 0.1) is 16.7 Å². The van der Waals surface area contributed by atoms with Crippen molar-refractivity contribution in [1.29, 1.82) is 0 Å². The lowest BCUT2D eigenvalue weighted by atomic mass is 9.78. The van der Waals surface area contributed by atoms with E-state index in [-0.39, 0.29) is 36.0 Å². The molecule has 0 amide bonds. The SMILES string of the molecule is CC(C)C(C)(C)CC(=O)OCC(C)(C)COC(=O)CCN1CCNCC1. The molecule has 0 bridgehead atoms. The number of ether oxygens (including phenoxy) is 2. The quantitative estimate of drug-likeness (QED) is 0.596. The van der Waals surface area contributed by atoms with E-state index in [0.29, 0.717) is 18.8 Å². The average Bonchev–Trinajstić information content (AvgIpc) is 2.57. The van der Waals surface area contributed by atoms with Gasteiger partial charge < -0.3 is 19.7 Å². The predicted octanol–water partition coefficient (Wildman–Crippen LogP) is 2.47. The van der Waals surface area contributed by atoms with Crippen LogP contribution in [-0.2, 0) is 19.1 Å². The van der Waals surface area contributed by atoms with Crippen LogP contribution in [0.15, 0.2) is 0 Å². The molecule has 1 N–H and O–H groups in total. The van der Waals surface area contributed by atoms with Crippen LogP contribution in [-0.4, -0.2) is 62.8 Å². The van der Waals surface area contributed by atoms with Crippen molar-refractivity contribution in [3.05, 3.63) is 0 Å². The molecule has 0 spiro atoms. The fourth-order valence-corrected chi connectivity index (χ4v) is 2.48. The maximum absolute atomic E-state index is 12.1. The van der Waals surface area contributed by atoms with E-state index in [1.165, 1.54) is 0 Å². The van der Waals surface area contributed by atoms with Gasteiger partial charge in [-0.15, -0.1) is 0 Å². The third kappa shape index (κ3) is 8.99. The Hall–Kier alpha value is -1.14. The van der Waals surface area contributed by atoms with Crippen molar-refractivity contribution >= 4 is 11.9 Å². The lowest BCUT2D eigenvalue weighted by Gasteiger charge is -2.29. The van der Waals surface area contributed by atoms with Crippen LogP contribution < -0.4 is 5.32 Å². The summed E-state index contributed by atoms with van der Waals surface area (Å²) in [6.07, 6.45) is 0.795. The van der Waals surface area contributed by atoms with Gasteiger partial charge in [0.25, 0.3) is 0 Å². The Labute approximate surface area is 159 Å². The van der Waals surface area contributed by atoms with Crippen molar-refractivity contribution in [3.63, 3.8) is 0 Å². The molecule has 0 aromatic rings. The van der Waals surface area contributed by atoms with Gasteiger partial charge in [0.2, 0.25) is 0 Å². The summed E-state index contributed by atoms with van der Waals surface area (Å²) in [7, 11) is 0. The number of nitrogens with zero attached hydrogens (tertiary/aromatic N) is 1. The summed E-state index contributed by atoms with van der Waals surface area (Å²) in [5.74, 6) is 0.0189. The highest BCUT2D eigenvalue weighted by Gasteiger charge is 2.28. The van der Waals surface area contributed by atoms with Crippen molar-refractivity contribution in [2.45, 2.75) is 54.4 Å². The van der Waals surface area contributed by atoms with E-state index in [0.717, 1.165) is 32.7 Å². The maximum atomic E-state index is 12.1. The molecule has 6 nitrogen and oxygen atoms in total. The minimum absolute atomic E-state index is 0.0857. The summed E-state index contributed by atoms with van der Waals surface area (Å²) in [6.45, 7) is 17.4. The van der Waals surface area contributed by atoms with Crippen LogP contribution in [0.3, 0.4) is 0 Å². The summed E-state index contributed by atoms with van der Waals surface area (Å²) < 4.78 is 10.8. The molecule has 0 radical (unpaired) electrons. The molecule has 1 aliphatic heterocycles. The summed E-state index contributed by atoms with van der Waals surface area (Å²) in [6, 6.07) is 0. The van der Waals surface area contributed by atoms with Gasteiger partial charge in [0.05, 0.1) is 26.1 Å². The Morgan fingerprint density at radius 1 is 1.00 bits per heavy atom. The number of rotatable bonds is 10. The van der Waals surface area contributed by atoms with Crippen LogP contribution >= 0.6 is 0 Å². The predicted molar refractivity (Wildman–Crippen MR) is 103 cm³/mol. The number of carbonyl (C=O) groups excluding carboxylic acids is 2. The third-order valence-corrected chi connectivity index (χ3v) is 5.25. The first-order valence-electron chi connectivity index (χ1n) is 9.76. The van der Waals surface area contributed by atoms with E-state index in [4.69, 9.17) is 9.47 Å². The average molecular weight is 371 g/mol.